The quantitative estimate of drug-likeness (QED) is 0.372. The number of hydrogen-bond donors (Lipinski definition) is 2. The topological polar surface area (TPSA) is 51.1 Å². The van der Waals surface area contributed by atoms with Crippen LogP contribution in [0, 0.1) is 0 Å². The molecule has 5 nitrogen and oxygen atoms in total. The van der Waals surface area contributed by atoms with E-state index in [-0.39, 0.29) is 24.0 Å². The summed E-state index contributed by atoms with van der Waals surface area (Å²) in [4.78, 5) is 9.01. The number of anilines is 1. The van der Waals surface area contributed by atoms with Crippen molar-refractivity contribution in [3.05, 3.63) is 59.1 Å². The first kappa shape index (κ1) is 21.0. The van der Waals surface area contributed by atoms with Crippen LogP contribution in [0.5, 0.6) is 5.75 Å². The lowest BCUT2D eigenvalue weighted by Gasteiger charge is -2.38. The van der Waals surface area contributed by atoms with Gasteiger partial charge in [-0.25, -0.2) is 0 Å². The summed E-state index contributed by atoms with van der Waals surface area (Å²) in [6.45, 7) is 3.48. The summed E-state index contributed by atoms with van der Waals surface area (Å²) >= 11 is 6.12. The van der Waals surface area contributed by atoms with Crippen molar-refractivity contribution in [1.29, 1.82) is 0 Å². The molecule has 2 aliphatic rings. The zero-order valence-electron chi connectivity index (χ0n) is 15.9. The molecule has 2 fully saturated rings. The fraction of sp³-hybridized carbons (Fsp3) is 0.381. The molecule has 1 heterocycles. The van der Waals surface area contributed by atoms with Crippen molar-refractivity contribution in [2.75, 3.05) is 38.1 Å². The molecule has 0 amide bonds. The molecule has 2 atom stereocenters. The molecule has 0 bridgehead atoms. The Labute approximate surface area is 188 Å². The Hall–Kier alpha value is -1.67. The van der Waals surface area contributed by atoms with E-state index in [1.54, 1.807) is 6.07 Å². The lowest BCUT2D eigenvalue weighted by atomic mass is 10.1. The van der Waals surface area contributed by atoms with Gasteiger partial charge in [0.15, 0.2) is 5.96 Å². The molecule has 0 aromatic heterocycles. The van der Waals surface area contributed by atoms with Gasteiger partial charge in [0.2, 0.25) is 0 Å². The summed E-state index contributed by atoms with van der Waals surface area (Å²) in [5.74, 6) is 1.81. The lowest BCUT2D eigenvalue weighted by molar-refractivity contribution is 0.369. The molecule has 2 N–H and O–H groups in total. The second-order valence-corrected chi connectivity index (χ2v) is 7.59. The van der Waals surface area contributed by atoms with Crippen LogP contribution >= 0.6 is 35.6 Å². The smallest absolute Gasteiger partial charge is 0.194 e. The fourth-order valence-electron chi connectivity index (χ4n) is 3.81. The highest BCUT2D eigenvalue weighted by Gasteiger charge is 2.40. The molecule has 7 heteroatoms. The number of nitrogens with zero attached hydrogens (tertiary/aromatic N) is 3. The van der Waals surface area contributed by atoms with Gasteiger partial charge in [-0.2, -0.15) is 0 Å². The highest BCUT2D eigenvalue weighted by molar-refractivity contribution is 14.0. The minimum atomic E-state index is 0. The summed E-state index contributed by atoms with van der Waals surface area (Å²) in [6, 6.07) is 16.1. The predicted molar refractivity (Wildman–Crippen MR) is 126 cm³/mol. The molecule has 0 radical (unpaired) electrons. The van der Waals surface area contributed by atoms with E-state index in [2.05, 4.69) is 32.2 Å². The molecule has 1 aliphatic heterocycles. The number of piperazine rings is 1. The first-order valence-electron chi connectivity index (χ1n) is 9.42. The molecule has 1 saturated heterocycles. The summed E-state index contributed by atoms with van der Waals surface area (Å²) in [5.41, 5.74) is 2.20. The largest absolute Gasteiger partial charge is 0.506 e. The average molecular weight is 513 g/mol. The standard InChI is InChI=1S/C21H25ClN4O.HI/c1-23-21(24-18-14-17(18)15-5-4-6-16(22)13-15)26-11-9-25(10-12-26)19-7-2-3-8-20(19)27;/h2-8,13,17-18,27H,9-12,14H2,1H3,(H,23,24);1H. The second-order valence-electron chi connectivity index (χ2n) is 7.16. The van der Waals surface area contributed by atoms with Gasteiger partial charge in [-0.15, -0.1) is 24.0 Å². The van der Waals surface area contributed by atoms with Crippen LogP contribution < -0.4 is 10.2 Å². The maximum Gasteiger partial charge on any atom is 0.194 e. The van der Waals surface area contributed by atoms with Crippen LogP contribution in [-0.2, 0) is 0 Å². The molecule has 2 aromatic carbocycles. The van der Waals surface area contributed by atoms with Crippen molar-refractivity contribution in [2.45, 2.75) is 18.4 Å². The SMILES string of the molecule is CN=C(NC1CC1c1cccc(Cl)c1)N1CCN(c2ccccc2O)CC1.I. The summed E-state index contributed by atoms with van der Waals surface area (Å²) in [7, 11) is 1.84. The van der Waals surface area contributed by atoms with Gasteiger partial charge in [0.1, 0.15) is 5.75 Å². The van der Waals surface area contributed by atoms with Gasteiger partial charge in [-0.05, 0) is 36.2 Å². The number of aromatic hydroxyl groups is 1. The molecule has 2 aromatic rings. The Morgan fingerprint density at radius 1 is 1.11 bits per heavy atom. The Morgan fingerprint density at radius 2 is 1.86 bits per heavy atom. The lowest BCUT2D eigenvalue weighted by Crippen LogP contribution is -2.53. The average Bonchev–Trinajstić information content (AvgIpc) is 3.46. The number of guanidine groups is 1. The van der Waals surface area contributed by atoms with E-state index in [0.29, 0.717) is 17.7 Å². The predicted octanol–water partition coefficient (Wildman–Crippen LogP) is 3.92. The number of phenolic OH excluding ortho intramolecular Hbond substituents is 1. The monoisotopic (exact) mass is 512 g/mol. The molecule has 4 rings (SSSR count). The van der Waals surface area contributed by atoms with Crippen molar-refractivity contribution in [3.8, 4) is 5.75 Å². The van der Waals surface area contributed by atoms with Crippen LogP contribution in [-0.4, -0.2) is 55.2 Å². The first-order chi connectivity index (χ1) is 13.2. The Morgan fingerprint density at radius 3 is 2.54 bits per heavy atom. The van der Waals surface area contributed by atoms with Crippen LogP contribution in [0.4, 0.5) is 5.69 Å². The molecule has 150 valence electrons. The zero-order valence-corrected chi connectivity index (χ0v) is 19.0. The van der Waals surface area contributed by atoms with E-state index in [0.717, 1.165) is 49.3 Å². The second kappa shape index (κ2) is 9.22. The molecule has 1 aliphatic carbocycles. The molecular formula is C21H26ClIN4O. The van der Waals surface area contributed by atoms with Gasteiger partial charge < -0.3 is 20.2 Å². The first-order valence-corrected chi connectivity index (χ1v) is 9.80. The Bertz CT molecular complexity index is 839. The van der Waals surface area contributed by atoms with Gasteiger partial charge in [0, 0.05) is 50.2 Å². The number of hydrogen-bond acceptors (Lipinski definition) is 3. The van der Waals surface area contributed by atoms with Crippen molar-refractivity contribution in [3.63, 3.8) is 0 Å². The van der Waals surface area contributed by atoms with Crippen LogP contribution in [0.15, 0.2) is 53.5 Å². The number of halogens is 2. The minimum absolute atomic E-state index is 0. The third-order valence-corrected chi connectivity index (χ3v) is 5.63. The normalized spacial score (nSPS) is 21.9. The zero-order chi connectivity index (χ0) is 18.8. The van der Waals surface area contributed by atoms with E-state index < -0.39 is 0 Å². The van der Waals surface area contributed by atoms with E-state index in [4.69, 9.17) is 11.6 Å². The van der Waals surface area contributed by atoms with Gasteiger partial charge in [-0.3, -0.25) is 4.99 Å². The van der Waals surface area contributed by atoms with Crippen molar-refractivity contribution in [1.82, 2.24) is 10.2 Å². The van der Waals surface area contributed by atoms with Gasteiger partial charge >= 0.3 is 0 Å². The summed E-state index contributed by atoms with van der Waals surface area (Å²) < 4.78 is 0. The summed E-state index contributed by atoms with van der Waals surface area (Å²) in [6.07, 6.45) is 1.11. The minimum Gasteiger partial charge on any atom is -0.506 e. The van der Waals surface area contributed by atoms with Gasteiger partial charge in [-0.1, -0.05) is 35.9 Å². The third kappa shape index (κ3) is 4.66. The molecule has 1 saturated carbocycles. The maximum absolute atomic E-state index is 10.1. The van der Waals surface area contributed by atoms with Crippen molar-refractivity contribution < 1.29 is 5.11 Å². The number of aliphatic imine (C=N–C) groups is 1. The number of rotatable bonds is 3. The van der Waals surface area contributed by atoms with E-state index in [1.165, 1.54) is 5.56 Å². The van der Waals surface area contributed by atoms with E-state index >= 15 is 0 Å². The number of para-hydroxylation sites is 2. The van der Waals surface area contributed by atoms with Crippen molar-refractivity contribution in [2.24, 2.45) is 4.99 Å². The molecule has 0 spiro atoms. The Balaban J connectivity index is 0.00000225. The van der Waals surface area contributed by atoms with E-state index in [9.17, 15) is 5.11 Å². The van der Waals surface area contributed by atoms with Crippen LogP contribution in [0.25, 0.3) is 0 Å². The molecular weight excluding hydrogens is 487 g/mol. The molecule has 28 heavy (non-hydrogen) atoms. The summed E-state index contributed by atoms with van der Waals surface area (Å²) in [5, 5.41) is 14.5. The number of phenols is 1. The maximum atomic E-state index is 10.1. The highest BCUT2D eigenvalue weighted by atomic mass is 127. The number of nitrogens with one attached hydrogen (secondary N) is 1. The van der Waals surface area contributed by atoms with Crippen LogP contribution in [0.2, 0.25) is 5.02 Å². The van der Waals surface area contributed by atoms with Crippen LogP contribution in [0.1, 0.15) is 17.9 Å². The highest BCUT2D eigenvalue weighted by Crippen LogP contribution is 2.41. The Kier molecular flexibility index (Phi) is 6.93. The number of benzene rings is 2. The third-order valence-electron chi connectivity index (χ3n) is 5.40. The van der Waals surface area contributed by atoms with Gasteiger partial charge in [0.25, 0.3) is 0 Å². The van der Waals surface area contributed by atoms with Gasteiger partial charge in [0.05, 0.1) is 5.69 Å². The fourth-order valence-corrected chi connectivity index (χ4v) is 4.01. The molecule has 2 unspecified atom stereocenters. The van der Waals surface area contributed by atoms with E-state index in [1.807, 2.05) is 37.4 Å². The van der Waals surface area contributed by atoms with Crippen LogP contribution in [0.3, 0.4) is 0 Å². The van der Waals surface area contributed by atoms with Crippen molar-refractivity contribution >= 4 is 47.2 Å².